The zero-order chi connectivity index (χ0) is 21.0. The van der Waals surface area contributed by atoms with Crippen molar-refractivity contribution in [3.8, 4) is 0 Å². The first-order valence-corrected chi connectivity index (χ1v) is 12.1. The third-order valence-corrected chi connectivity index (χ3v) is 8.76. The van der Waals surface area contributed by atoms with Gasteiger partial charge in [-0.2, -0.15) is 0 Å². The molecule has 2 aliphatic rings. The summed E-state index contributed by atoms with van der Waals surface area (Å²) in [4.78, 5) is 11.6. The molecule has 0 unspecified atom stereocenters. The van der Waals surface area contributed by atoms with Crippen LogP contribution < -0.4 is 9.03 Å². The van der Waals surface area contributed by atoms with Gasteiger partial charge in [0.1, 0.15) is 0 Å². The first kappa shape index (κ1) is 19.9. The first-order chi connectivity index (χ1) is 13.6. The number of sulfonamides is 2. The van der Waals surface area contributed by atoms with Crippen LogP contribution in [0.15, 0.2) is 40.1 Å². The standard InChI is InChI=1S/C19H20N2O6S2/c1-20-28(24,25)15-5-6-17-13(10-15)7-8-21(17)29(26,27)18-11-14(19(22)23)9-12-3-2-4-16(12)18/h5-6,9-11,20H,2-4,7-8H2,1H3,(H,22,23). The van der Waals surface area contributed by atoms with E-state index in [-0.39, 0.29) is 21.9 Å². The van der Waals surface area contributed by atoms with Crippen LogP contribution in [0.5, 0.6) is 0 Å². The van der Waals surface area contributed by atoms with Gasteiger partial charge in [-0.25, -0.2) is 26.4 Å². The summed E-state index contributed by atoms with van der Waals surface area (Å²) in [6.45, 7) is 0.173. The number of rotatable bonds is 5. The molecular weight excluding hydrogens is 416 g/mol. The van der Waals surface area contributed by atoms with Crippen molar-refractivity contribution in [3.05, 3.63) is 52.6 Å². The lowest BCUT2D eigenvalue weighted by molar-refractivity contribution is 0.0696. The lowest BCUT2D eigenvalue weighted by atomic mass is 10.1. The molecule has 0 aromatic heterocycles. The van der Waals surface area contributed by atoms with Crippen molar-refractivity contribution in [2.45, 2.75) is 35.5 Å². The topological polar surface area (TPSA) is 121 Å². The molecule has 4 rings (SSSR count). The van der Waals surface area contributed by atoms with E-state index in [1.165, 1.54) is 35.6 Å². The normalized spacial score (nSPS) is 16.0. The second kappa shape index (κ2) is 6.82. The molecule has 0 fully saturated rings. The molecule has 0 radical (unpaired) electrons. The number of carboxylic acids is 1. The molecule has 154 valence electrons. The van der Waals surface area contributed by atoms with Gasteiger partial charge in [-0.05, 0) is 79.8 Å². The van der Waals surface area contributed by atoms with E-state index in [0.29, 0.717) is 36.1 Å². The number of anilines is 1. The molecule has 10 heteroatoms. The van der Waals surface area contributed by atoms with Crippen molar-refractivity contribution in [1.29, 1.82) is 0 Å². The van der Waals surface area contributed by atoms with Crippen LogP contribution in [-0.4, -0.2) is 41.5 Å². The molecule has 2 N–H and O–H groups in total. The number of hydrogen-bond donors (Lipinski definition) is 2. The fourth-order valence-corrected chi connectivity index (χ4v) is 6.63. The Labute approximate surface area is 169 Å². The van der Waals surface area contributed by atoms with Crippen LogP contribution in [-0.2, 0) is 39.3 Å². The van der Waals surface area contributed by atoms with Gasteiger partial charge < -0.3 is 5.11 Å². The van der Waals surface area contributed by atoms with Crippen LogP contribution in [0, 0.1) is 0 Å². The van der Waals surface area contributed by atoms with Gasteiger partial charge in [0.15, 0.2) is 0 Å². The Hall–Kier alpha value is -2.43. The highest BCUT2D eigenvalue weighted by Crippen LogP contribution is 2.38. The van der Waals surface area contributed by atoms with E-state index in [0.717, 1.165) is 12.0 Å². The number of carboxylic acid groups (broad SMARTS) is 1. The van der Waals surface area contributed by atoms with E-state index < -0.39 is 26.0 Å². The third kappa shape index (κ3) is 3.21. The van der Waals surface area contributed by atoms with E-state index in [1.54, 1.807) is 6.07 Å². The summed E-state index contributed by atoms with van der Waals surface area (Å²) in [5.74, 6) is -1.17. The Morgan fingerprint density at radius 1 is 1.03 bits per heavy atom. The molecule has 0 saturated heterocycles. The third-order valence-electron chi connectivity index (χ3n) is 5.47. The van der Waals surface area contributed by atoms with E-state index in [4.69, 9.17) is 0 Å². The minimum atomic E-state index is -3.98. The second-order valence-electron chi connectivity index (χ2n) is 7.10. The zero-order valence-corrected chi connectivity index (χ0v) is 17.3. The maximum atomic E-state index is 13.5. The Morgan fingerprint density at radius 3 is 2.48 bits per heavy atom. The van der Waals surface area contributed by atoms with Crippen molar-refractivity contribution in [3.63, 3.8) is 0 Å². The Balaban J connectivity index is 1.81. The number of carbonyl (C=O) groups is 1. The van der Waals surface area contributed by atoms with E-state index >= 15 is 0 Å². The number of hydrogen-bond acceptors (Lipinski definition) is 5. The average molecular weight is 437 g/mol. The van der Waals surface area contributed by atoms with Gasteiger partial charge in [0.2, 0.25) is 10.0 Å². The molecule has 29 heavy (non-hydrogen) atoms. The van der Waals surface area contributed by atoms with Gasteiger partial charge in [0.25, 0.3) is 10.0 Å². The van der Waals surface area contributed by atoms with Crippen molar-refractivity contribution >= 4 is 31.7 Å². The molecule has 0 saturated carbocycles. The van der Waals surface area contributed by atoms with Gasteiger partial charge in [0, 0.05) is 6.54 Å². The first-order valence-electron chi connectivity index (χ1n) is 9.13. The van der Waals surface area contributed by atoms with Gasteiger partial charge in [-0.3, -0.25) is 4.31 Å². The number of aromatic carboxylic acids is 1. The number of aryl methyl sites for hydroxylation is 1. The smallest absolute Gasteiger partial charge is 0.335 e. The van der Waals surface area contributed by atoms with Crippen LogP contribution in [0.25, 0.3) is 0 Å². The lowest BCUT2D eigenvalue weighted by Gasteiger charge is -2.22. The van der Waals surface area contributed by atoms with Crippen molar-refractivity contribution in [2.24, 2.45) is 0 Å². The Morgan fingerprint density at radius 2 is 1.79 bits per heavy atom. The molecule has 0 spiro atoms. The van der Waals surface area contributed by atoms with Crippen LogP contribution in [0.4, 0.5) is 5.69 Å². The number of nitrogens with zero attached hydrogens (tertiary/aromatic N) is 1. The summed E-state index contributed by atoms with van der Waals surface area (Å²) in [6, 6.07) is 7.13. The predicted octanol–water partition coefficient (Wildman–Crippen LogP) is 1.53. The largest absolute Gasteiger partial charge is 0.478 e. The second-order valence-corrected chi connectivity index (χ2v) is 10.8. The molecule has 0 atom stereocenters. The highest BCUT2D eigenvalue weighted by Gasteiger charge is 2.35. The summed E-state index contributed by atoms with van der Waals surface area (Å²) in [7, 11) is -6.30. The fraction of sp³-hybridized carbons (Fsp3) is 0.316. The Bertz CT molecular complexity index is 1240. The predicted molar refractivity (Wildman–Crippen MR) is 106 cm³/mol. The van der Waals surface area contributed by atoms with Gasteiger partial charge in [-0.15, -0.1) is 0 Å². The van der Waals surface area contributed by atoms with Crippen LogP contribution in [0.3, 0.4) is 0 Å². The van der Waals surface area contributed by atoms with Crippen molar-refractivity contribution in [2.75, 3.05) is 17.9 Å². The number of nitrogens with one attached hydrogen (secondary N) is 1. The monoisotopic (exact) mass is 436 g/mol. The summed E-state index contributed by atoms with van der Waals surface area (Å²) in [5, 5.41) is 9.39. The minimum Gasteiger partial charge on any atom is -0.478 e. The highest BCUT2D eigenvalue weighted by atomic mass is 32.2. The average Bonchev–Trinajstić information content (AvgIpc) is 3.33. The van der Waals surface area contributed by atoms with E-state index in [1.807, 2.05) is 0 Å². The van der Waals surface area contributed by atoms with Gasteiger partial charge in [-0.1, -0.05) is 0 Å². The van der Waals surface area contributed by atoms with Gasteiger partial charge >= 0.3 is 5.97 Å². The van der Waals surface area contributed by atoms with Crippen LogP contribution in [0.1, 0.15) is 33.5 Å². The van der Waals surface area contributed by atoms with Crippen molar-refractivity contribution in [1.82, 2.24) is 4.72 Å². The van der Waals surface area contributed by atoms with Gasteiger partial charge in [0.05, 0.1) is 21.0 Å². The molecule has 2 aromatic rings. The lowest BCUT2D eigenvalue weighted by Crippen LogP contribution is -2.30. The molecule has 1 heterocycles. The van der Waals surface area contributed by atoms with Crippen molar-refractivity contribution < 1.29 is 26.7 Å². The Kier molecular flexibility index (Phi) is 4.67. The quantitative estimate of drug-likeness (QED) is 0.733. The minimum absolute atomic E-state index is 0.0321. The summed E-state index contributed by atoms with van der Waals surface area (Å²) in [6.07, 6.45) is 2.40. The molecule has 0 bridgehead atoms. The molecule has 2 aromatic carbocycles. The van der Waals surface area contributed by atoms with Crippen LogP contribution >= 0.6 is 0 Å². The SMILES string of the molecule is CNS(=O)(=O)c1ccc2c(c1)CCN2S(=O)(=O)c1cc(C(=O)O)cc2c1CCC2. The van der Waals surface area contributed by atoms with E-state index in [9.17, 15) is 26.7 Å². The zero-order valence-electron chi connectivity index (χ0n) is 15.7. The highest BCUT2D eigenvalue weighted by molar-refractivity contribution is 7.93. The summed E-state index contributed by atoms with van der Waals surface area (Å²) < 4.78 is 54.5. The summed E-state index contributed by atoms with van der Waals surface area (Å²) in [5.41, 5.74) is 2.44. The molecule has 8 nitrogen and oxygen atoms in total. The molecule has 1 aliphatic carbocycles. The number of benzene rings is 2. The maximum absolute atomic E-state index is 13.5. The maximum Gasteiger partial charge on any atom is 0.335 e. The summed E-state index contributed by atoms with van der Waals surface area (Å²) >= 11 is 0. The molecule has 0 amide bonds. The van der Waals surface area contributed by atoms with Crippen LogP contribution in [0.2, 0.25) is 0 Å². The molecule has 1 aliphatic heterocycles. The number of fused-ring (bicyclic) bond motifs is 2. The molecular formula is C19H20N2O6S2. The van der Waals surface area contributed by atoms with E-state index in [2.05, 4.69) is 4.72 Å². The fourth-order valence-electron chi connectivity index (χ4n) is 4.02.